The molecule has 0 aliphatic carbocycles. The minimum atomic E-state index is -4.48. The lowest BCUT2D eigenvalue weighted by Gasteiger charge is -2.34. The summed E-state index contributed by atoms with van der Waals surface area (Å²) < 4.78 is 46.4. The second-order valence-corrected chi connectivity index (χ2v) is 11.1. The molecule has 12 heteroatoms. The monoisotopic (exact) mass is 628 g/mol. The molecule has 0 saturated carbocycles. The van der Waals surface area contributed by atoms with Crippen LogP contribution in [0, 0.1) is 6.92 Å². The summed E-state index contributed by atoms with van der Waals surface area (Å²) in [5.74, 6) is 0.264. The number of alkyl halides is 3. The molecular weight excluding hydrogens is 597 g/mol. The summed E-state index contributed by atoms with van der Waals surface area (Å²) in [5.41, 5.74) is 2.96. The predicted octanol–water partition coefficient (Wildman–Crippen LogP) is 6.30. The van der Waals surface area contributed by atoms with Crippen molar-refractivity contribution in [2.75, 3.05) is 31.5 Å². The van der Waals surface area contributed by atoms with Gasteiger partial charge in [-0.1, -0.05) is 6.07 Å². The highest BCUT2D eigenvalue weighted by Crippen LogP contribution is 2.33. The third kappa shape index (κ3) is 6.57. The van der Waals surface area contributed by atoms with Crippen LogP contribution in [-0.4, -0.2) is 62.3 Å². The fourth-order valence-corrected chi connectivity index (χ4v) is 5.48. The van der Waals surface area contributed by atoms with Crippen LogP contribution < -0.4 is 10.1 Å². The summed E-state index contributed by atoms with van der Waals surface area (Å²) in [5, 5.41) is 3.51. The second kappa shape index (κ2) is 12.6. The third-order valence-electron chi connectivity index (χ3n) is 8.12. The molecule has 1 fully saturated rings. The molecule has 1 N–H and O–H groups in total. The molecule has 3 aromatic heterocycles. The number of benzene rings is 2. The van der Waals surface area contributed by atoms with E-state index in [0.717, 1.165) is 66.1 Å². The first-order chi connectivity index (χ1) is 22.1. The number of hydrogen-bond donors (Lipinski definition) is 1. The number of pyridine rings is 2. The average molecular weight is 629 g/mol. The van der Waals surface area contributed by atoms with Crippen molar-refractivity contribution in [1.29, 1.82) is 0 Å². The molecule has 1 saturated heterocycles. The van der Waals surface area contributed by atoms with Gasteiger partial charge in [0, 0.05) is 74.1 Å². The number of aryl methyl sites for hydroxylation is 2. The van der Waals surface area contributed by atoms with Gasteiger partial charge in [-0.05, 0) is 67.6 Å². The van der Waals surface area contributed by atoms with E-state index >= 15 is 0 Å². The van der Waals surface area contributed by atoms with E-state index in [-0.39, 0.29) is 17.4 Å². The second-order valence-electron chi connectivity index (χ2n) is 11.1. The summed E-state index contributed by atoms with van der Waals surface area (Å²) in [7, 11) is 1.88. The molecule has 0 bridgehead atoms. The number of ether oxygens (including phenoxy) is 1. The van der Waals surface area contributed by atoms with Crippen LogP contribution in [-0.2, 0) is 19.8 Å². The minimum Gasteiger partial charge on any atom is -0.439 e. The Hall–Kier alpha value is -5.23. The van der Waals surface area contributed by atoms with E-state index in [1.165, 1.54) is 6.20 Å². The summed E-state index contributed by atoms with van der Waals surface area (Å²) in [6, 6.07) is 18.6. The number of nitrogens with zero attached hydrogens (tertiary/aromatic N) is 5. The largest absolute Gasteiger partial charge is 0.439 e. The molecule has 236 valence electrons. The molecule has 0 radical (unpaired) electrons. The van der Waals surface area contributed by atoms with Crippen LogP contribution in [0.15, 0.2) is 85.2 Å². The molecule has 4 heterocycles. The van der Waals surface area contributed by atoms with Crippen molar-refractivity contribution in [1.82, 2.24) is 24.3 Å². The van der Waals surface area contributed by atoms with Gasteiger partial charge >= 0.3 is 6.18 Å². The highest BCUT2D eigenvalue weighted by molar-refractivity contribution is 6.04. The quantitative estimate of drug-likeness (QED) is 0.228. The highest BCUT2D eigenvalue weighted by atomic mass is 19.4. The fraction of sp³-hybridized carbons (Fsp3) is 0.235. The van der Waals surface area contributed by atoms with Gasteiger partial charge in [-0.25, -0.2) is 4.98 Å². The molecule has 46 heavy (non-hydrogen) atoms. The van der Waals surface area contributed by atoms with Crippen molar-refractivity contribution in [3.05, 3.63) is 113 Å². The Labute approximate surface area is 263 Å². The van der Waals surface area contributed by atoms with E-state index in [4.69, 9.17) is 4.74 Å². The Kier molecular flexibility index (Phi) is 8.46. The number of piperazine rings is 1. The van der Waals surface area contributed by atoms with Crippen LogP contribution >= 0.6 is 0 Å². The number of amides is 2. The molecule has 6 rings (SSSR count). The maximum Gasteiger partial charge on any atom is 0.416 e. The standard InChI is InChI=1S/C34H31F3N6O3/c1-22-27-19-29(33(45)43-17-15-42(16-18-43)21-26-5-3-4-14-38-26)41(2)28(27)11-12-30(22)46-31-13-10-25(20-39-31)40-32(44)23-6-8-24(9-7-23)34(35,36)37/h3-14,19-20H,15-18,21H2,1-2H3,(H,40,44). The van der Waals surface area contributed by atoms with E-state index in [1.807, 2.05) is 59.8 Å². The van der Waals surface area contributed by atoms with Crippen molar-refractivity contribution in [3.63, 3.8) is 0 Å². The lowest BCUT2D eigenvalue weighted by Crippen LogP contribution is -2.48. The molecule has 1 aliphatic rings. The number of carbonyl (C=O) groups is 2. The molecule has 0 unspecified atom stereocenters. The Morgan fingerprint density at radius 2 is 1.70 bits per heavy atom. The van der Waals surface area contributed by atoms with Crippen molar-refractivity contribution in [2.45, 2.75) is 19.6 Å². The third-order valence-corrected chi connectivity index (χ3v) is 8.12. The predicted molar refractivity (Wildman–Crippen MR) is 167 cm³/mol. The summed E-state index contributed by atoms with van der Waals surface area (Å²) in [6.45, 7) is 5.48. The van der Waals surface area contributed by atoms with Gasteiger partial charge in [0.25, 0.3) is 11.8 Å². The van der Waals surface area contributed by atoms with Crippen LogP contribution in [0.1, 0.15) is 37.7 Å². The zero-order valence-corrected chi connectivity index (χ0v) is 25.2. The first-order valence-electron chi connectivity index (χ1n) is 14.7. The highest BCUT2D eigenvalue weighted by Gasteiger charge is 2.30. The zero-order valence-electron chi connectivity index (χ0n) is 25.2. The molecule has 1 aliphatic heterocycles. The van der Waals surface area contributed by atoms with Gasteiger partial charge in [0.15, 0.2) is 0 Å². The van der Waals surface area contributed by atoms with Gasteiger partial charge in [0.1, 0.15) is 11.4 Å². The number of carbonyl (C=O) groups excluding carboxylic acids is 2. The molecular formula is C34H31F3N6O3. The van der Waals surface area contributed by atoms with Gasteiger partial charge in [0.2, 0.25) is 5.88 Å². The number of rotatable bonds is 7. The van der Waals surface area contributed by atoms with Crippen LogP contribution in [0.2, 0.25) is 0 Å². The van der Waals surface area contributed by atoms with Gasteiger partial charge in [-0.3, -0.25) is 19.5 Å². The Bertz CT molecular complexity index is 1870. The van der Waals surface area contributed by atoms with Crippen molar-refractivity contribution in [3.8, 4) is 11.6 Å². The topological polar surface area (TPSA) is 92.6 Å². The van der Waals surface area contributed by atoms with E-state index in [9.17, 15) is 22.8 Å². The van der Waals surface area contributed by atoms with E-state index < -0.39 is 17.6 Å². The van der Waals surface area contributed by atoms with E-state index in [2.05, 4.69) is 20.2 Å². The van der Waals surface area contributed by atoms with Gasteiger partial charge < -0.3 is 19.5 Å². The fourth-order valence-electron chi connectivity index (χ4n) is 5.48. The molecule has 2 aromatic carbocycles. The Balaban J connectivity index is 1.10. The number of anilines is 1. The van der Waals surface area contributed by atoms with Crippen molar-refractivity contribution < 1.29 is 27.5 Å². The van der Waals surface area contributed by atoms with Crippen LogP contribution in [0.25, 0.3) is 10.9 Å². The van der Waals surface area contributed by atoms with E-state index in [0.29, 0.717) is 30.2 Å². The number of halogens is 3. The van der Waals surface area contributed by atoms with Gasteiger partial charge in [0.05, 0.1) is 23.1 Å². The average Bonchev–Trinajstić information content (AvgIpc) is 3.40. The molecule has 5 aromatic rings. The first kappa shape index (κ1) is 30.8. The van der Waals surface area contributed by atoms with Crippen LogP contribution in [0.3, 0.4) is 0 Å². The summed E-state index contributed by atoms with van der Waals surface area (Å²) in [6.07, 6.45) is -1.28. The first-order valence-corrected chi connectivity index (χ1v) is 14.7. The Morgan fingerprint density at radius 3 is 2.35 bits per heavy atom. The number of hydrogen-bond acceptors (Lipinski definition) is 6. The van der Waals surface area contributed by atoms with Crippen molar-refractivity contribution >= 4 is 28.4 Å². The summed E-state index contributed by atoms with van der Waals surface area (Å²) >= 11 is 0. The summed E-state index contributed by atoms with van der Waals surface area (Å²) in [4.78, 5) is 38.9. The lowest BCUT2D eigenvalue weighted by atomic mass is 10.1. The van der Waals surface area contributed by atoms with Gasteiger partial charge in [-0.15, -0.1) is 0 Å². The minimum absolute atomic E-state index is 0.0198. The molecule has 0 atom stereocenters. The molecule has 2 amide bonds. The van der Waals surface area contributed by atoms with Crippen LogP contribution in [0.5, 0.6) is 11.6 Å². The normalized spacial score (nSPS) is 14.0. The molecule has 9 nitrogen and oxygen atoms in total. The van der Waals surface area contributed by atoms with Crippen molar-refractivity contribution in [2.24, 2.45) is 7.05 Å². The lowest BCUT2D eigenvalue weighted by molar-refractivity contribution is -0.137. The smallest absolute Gasteiger partial charge is 0.416 e. The number of aromatic nitrogens is 3. The van der Waals surface area contributed by atoms with E-state index in [1.54, 1.807) is 18.3 Å². The maximum absolute atomic E-state index is 13.6. The Morgan fingerprint density at radius 1 is 0.935 bits per heavy atom. The number of nitrogens with one attached hydrogen (secondary N) is 1. The SMILES string of the molecule is Cc1c(Oc2ccc(NC(=O)c3ccc(C(F)(F)F)cc3)cn2)ccc2c1cc(C(=O)N1CCN(Cc3ccccn3)CC1)n2C. The number of fused-ring (bicyclic) bond motifs is 1. The maximum atomic E-state index is 13.6. The van der Waals surface area contributed by atoms with Gasteiger partial charge in [-0.2, -0.15) is 13.2 Å². The van der Waals surface area contributed by atoms with Crippen LogP contribution in [0.4, 0.5) is 18.9 Å². The molecule has 0 spiro atoms. The zero-order chi connectivity index (χ0) is 32.4.